The summed E-state index contributed by atoms with van der Waals surface area (Å²) in [5, 5.41) is 22.1. The number of aromatic nitrogens is 1. The van der Waals surface area contributed by atoms with E-state index in [0.29, 0.717) is 11.7 Å². The number of carbonyl (C=O) groups is 1. The number of sulfone groups is 1. The van der Waals surface area contributed by atoms with Crippen molar-refractivity contribution >= 4 is 21.4 Å². The van der Waals surface area contributed by atoms with Crippen molar-refractivity contribution in [1.82, 2.24) is 0 Å². The summed E-state index contributed by atoms with van der Waals surface area (Å²) in [5.74, 6) is -1.70. The summed E-state index contributed by atoms with van der Waals surface area (Å²) in [4.78, 5) is 11.2. The minimum atomic E-state index is -5.17. The molecule has 1 aromatic carbocycles. The zero-order valence-electron chi connectivity index (χ0n) is 13.2. The molecule has 2 rings (SSSR count). The molecule has 0 radical (unpaired) electrons. The van der Waals surface area contributed by atoms with Gasteiger partial charge in [0.05, 0.1) is 9.79 Å². The average molecular weight is 390 g/mol. The molecule has 0 bridgehead atoms. The van der Waals surface area contributed by atoms with Crippen molar-refractivity contribution in [3.05, 3.63) is 54.0 Å². The molecule has 1 aromatic heterocycles. The van der Waals surface area contributed by atoms with Crippen molar-refractivity contribution in [2.24, 2.45) is 0 Å². The highest BCUT2D eigenvalue weighted by atomic mass is 32.2. The van der Waals surface area contributed by atoms with E-state index in [1.807, 2.05) is 5.32 Å². The van der Waals surface area contributed by atoms with Gasteiger partial charge >= 0.3 is 6.18 Å². The lowest BCUT2D eigenvalue weighted by Gasteiger charge is -2.24. The van der Waals surface area contributed by atoms with Gasteiger partial charge in [-0.3, -0.25) is 4.79 Å². The van der Waals surface area contributed by atoms with Gasteiger partial charge in [-0.25, -0.2) is 8.42 Å². The van der Waals surface area contributed by atoms with E-state index in [-0.39, 0.29) is 15.5 Å². The number of pyridine rings is 1. The van der Waals surface area contributed by atoms with Crippen LogP contribution in [-0.2, 0) is 14.6 Å². The second-order valence-corrected chi connectivity index (χ2v) is 7.40. The summed E-state index contributed by atoms with van der Waals surface area (Å²) in [6.45, 7) is 0.304. The molecule has 0 saturated heterocycles. The van der Waals surface area contributed by atoms with Gasteiger partial charge in [-0.05, 0) is 31.2 Å². The van der Waals surface area contributed by atoms with Crippen molar-refractivity contribution < 1.29 is 36.2 Å². The Morgan fingerprint density at radius 2 is 1.54 bits per heavy atom. The molecule has 11 heteroatoms. The third kappa shape index (κ3) is 3.78. The summed E-state index contributed by atoms with van der Waals surface area (Å²) < 4.78 is 63.0. The Hall–Kier alpha value is -2.66. The van der Waals surface area contributed by atoms with E-state index in [9.17, 15) is 36.7 Å². The maximum atomic E-state index is 12.6. The first-order valence-electron chi connectivity index (χ1n) is 7.00. The van der Waals surface area contributed by atoms with Crippen LogP contribution in [0.4, 0.5) is 18.9 Å². The van der Waals surface area contributed by atoms with Gasteiger partial charge in [-0.15, -0.1) is 0 Å². The lowest BCUT2D eigenvalue weighted by molar-refractivity contribution is -0.605. The van der Waals surface area contributed by atoms with Crippen LogP contribution in [0.2, 0.25) is 0 Å². The number of anilines is 1. The third-order valence-electron chi connectivity index (χ3n) is 3.50. The van der Waals surface area contributed by atoms with E-state index in [1.54, 1.807) is 0 Å². The number of nitrogens with one attached hydrogen (secondary N) is 1. The molecule has 0 saturated carbocycles. The van der Waals surface area contributed by atoms with Crippen LogP contribution in [0.5, 0.6) is 0 Å². The Labute approximate surface area is 146 Å². The number of nitrogens with zero attached hydrogens (tertiary/aromatic N) is 1. The van der Waals surface area contributed by atoms with Crippen LogP contribution >= 0.6 is 0 Å². The largest absolute Gasteiger partial charge is 0.619 e. The molecule has 1 atom stereocenters. The fourth-order valence-electron chi connectivity index (χ4n) is 1.81. The normalized spacial score (nSPS) is 14.5. The number of halogens is 3. The smallest absolute Gasteiger partial charge is 0.426 e. The number of alkyl halides is 3. The van der Waals surface area contributed by atoms with Gasteiger partial charge in [0, 0.05) is 17.8 Å². The fraction of sp³-hybridized carbons (Fsp3) is 0.200. The van der Waals surface area contributed by atoms with Crippen LogP contribution in [0.25, 0.3) is 0 Å². The number of rotatable bonds is 4. The summed E-state index contributed by atoms with van der Waals surface area (Å²) >= 11 is 0. The molecule has 7 nitrogen and oxygen atoms in total. The van der Waals surface area contributed by atoms with Crippen molar-refractivity contribution in [1.29, 1.82) is 0 Å². The Morgan fingerprint density at radius 3 is 2.00 bits per heavy atom. The number of amides is 1. The SMILES string of the molecule is CC(O)(C(=O)Nc1ccc(S(=O)(=O)c2cc[n+]([O-])cc2)cc1)C(F)(F)F. The topological polar surface area (TPSA) is 110 Å². The summed E-state index contributed by atoms with van der Waals surface area (Å²) in [5.41, 5.74) is -3.74. The first-order valence-corrected chi connectivity index (χ1v) is 8.48. The molecule has 0 aliphatic carbocycles. The number of hydrogen-bond donors (Lipinski definition) is 2. The standard InChI is InChI=1S/C15H13F3N2O5S/c1-14(22,15(16,17)18)13(21)19-10-2-4-11(5-3-10)26(24,25)12-6-8-20(23)9-7-12/h2-9,22H,1H3,(H,19,21). The molecule has 2 aromatic rings. The first kappa shape index (κ1) is 19.7. The van der Waals surface area contributed by atoms with Gasteiger partial charge in [0.15, 0.2) is 12.4 Å². The number of hydrogen-bond acceptors (Lipinski definition) is 5. The van der Waals surface area contributed by atoms with Crippen LogP contribution < -0.4 is 10.0 Å². The van der Waals surface area contributed by atoms with E-state index in [2.05, 4.69) is 0 Å². The summed E-state index contributed by atoms with van der Waals surface area (Å²) in [6, 6.07) is 6.50. The van der Waals surface area contributed by atoms with Gasteiger partial charge in [-0.2, -0.15) is 17.9 Å². The number of carbonyl (C=O) groups excluding carboxylic acids is 1. The lowest BCUT2D eigenvalue weighted by Crippen LogP contribution is -2.52. The van der Waals surface area contributed by atoms with E-state index in [1.165, 1.54) is 0 Å². The molecule has 0 fully saturated rings. The Bertz CT molecular complexity index is 908. The molecule has 140 valence electrons. The van der Waals surface area contributed by atoms with Crippen molar-refractivity contribution in [3.63, 3.8) is 0 Å². The highest BCUT2D eigenvalue weighted by Gasteiger charge is 2.55. The Kier molecular flexibility index (Phi) is 4.97. The average Bonchev–Trinajstić information content (AvgIpc) is 2.54. The number of benzene rings is 1. The van der Waals surface area contributed by atoms with E-state index in [0.717, 1.165) is 48.8 Å². The van der Waals surface area contributed by atoms with Crippen LogP contribution in [-0.4, -0.2) is 31.2 Å². The molecular weight excluding hydrogens is 377 g/mol. The van der Waals surface area contributed by atoms with Gasteiger partial charge in [0.2, 0.25) is 15.4 Å². The van der Waals surface area contributed by atoms with Crippen LogP contribution in [0.15, 0.2) is 58.6 Å². The minimum absolute atomic E-state index is 0.135. The van der Waals surface area contributed by atoms with Crippen LogP contribution in [0.1, 0.15) is 6.92 Å². The quantitative estimate of drug-likeness (QED) is 0.606. The molecule has 0 aliphatic rings. The molecular formula is C15H13F3N2O5S. The maximum Gasteiger partial charge on any atom is 0.426 e. The lowest BCUT2D eigenvalue weighted by atomic mass is 10.1. The number of aliphatic hydroxyl groups is 1. The van der Waals surface area contributed by atoms with Gasteiger partial charge in [-0.1, -0.05) is 0 Å². The molecule has 1 unspecified atom stereocenters. The zero-order valence-corrected chi connectivity index (χ0v) is 14.0. The monoisotopic (exact) mass is 390 g/mol. The molecule has 1 heterocycles. The van der Waals surface area contributed by atoms with Crippen LogP contribution in [0.3, 0.4) is 0 Å². The van der Waals surface area contributed by atoms with E-state index >= 15 is 0 Å². The summed E-state index contributed by atoms with van der Waals surface area (Å²) in [7, 11) is -3.95. The van der Waals surface area contributed by atoms with Crippen molar-refractivity contribution in [3.8, 4) is 0 Å². The Morgan fingerprint density at radius 1 is 1.08 bits per heavy atom. The van der Waals surface area contributed by atoms with E-state index < -0.39 is 27.5 Å². The molecule has 1 amide bonds. The van der Waals surface area contributed by atoms with Crippen molar-refractivity contribution in [2.45, 2.75) is 28.5 Å². The second-order valence-electron chi connectivity index (χ2n) is 5.45. The third-order valence-corrected chi connectivity index (χ3v) is 5.28. The van der Waals surface area contributed by atoms with E-state index in [4.69, 9.17) is 0 Å². The van der Waals surface area contributed by atoms with Gasteiger partial charge in [0.25, 0.3) is 5.91 Å². The molecule has 0 aliphatic heterocycles. The fourth-order valence-corrected chi connectivity index (χ4v) is 3.06. The molecule has 2 N–H and O–H groups in total. The van der Waals surface area contributed by atoms with Gasteiger partial charge in [0.1, 0.15) is 0 Å². The molecule has 26 heavy (non-hydrogen) atoms. The van der Waals surface area contributed by atoms with Crippen LogP contribution in [0, 0.1) is 5.21 Å². The highest BCUT2D eigenvalue weighted by Crippen LogP contribution is 2.31. The minimum Gasteiger partial charge on any atom is -0.619 e. The predicted octanol–water partition coefficient (Wildman–Crippen LogP) is 1.40. The second kappa shape index (κ2) is 6.57. The highest BCUT2D eigenvalue weighted by molar-refractivity contribution is 7.91. The van der Waals surface area contributed by atoms with Crippen molar-refractivity contribution in [2.75, 3.05) is 5.32 Å². The van der Waals surface area contributed by atoms with Gasteiger partial charge < -0.3 is 15.6 Å². The maximum absolute atomic E-state index is 12.6. The first-order chi connectivity index (χ1) is 11.9. The Balaban J connectivity index is 2.23. The summed E-state index contributed by atoms with van der Waals surface area (Å²) in [6.07, 6.45) is -3.17. The molecule has 0 spiro atoms. The predicted molar refractivity (Wildman–Crippen MR) is 82.6 cm³/mol. The zero-order chi connectivity index (χ0) is 19.8.